The maximum Gasteiger partial charge on any atom is 0.262 e. The highest BCUT2D eigenvalue weighted by Gasteiger charge is 2.25. The molecule has 1 amide bonds. The van der Waals surface area contributed by atoms with Gasteiger partial charge in [-0.2, -0.15) is 0 Å². The van der Waals surface area contributed by atoms with Gasteiger partial charge in [0.25, 0.3) is 5.56 Å². The van der Waals surface area contributed by atoms with Crippen LogP contribution in [0.5, 0.6) is 0 Å². The van der Waals surface area contributed by atoms with Crippen molar-refractivity contribution >= 4 is 27.5 Å². The third-order valence-corrected chi connectivity index (χ3v) is 6.84. The minimum atomic E-state index is 0.0247. The largest absolute Gasteiger partial charge is 0.342 e. The molecule has 1 N–H and O–H groups in total. The Bertz CT molecular complexity index is 872. The smallest absolute Gasteiger partial charge is 0.262 e. The third-order valence-electron chi connectivity index (χ3n) is 5.64. The van der Waals surface area contributed by atoms with Crippen molar-refractivity contribution in [2.75, 3.05) is 26.7 Å². The van der Waals surface area contributed by atoms with E-state index in [0.717, 1.165) is 55.5 Å². The maximum atomic E-state index is 12.9. The Hall–Kier alpha value is -1.73. The highest BCUT2D eigenvalue weighted by molar-refractivity contribution is 7.18. The SMILES string of the molecule is CNCC1CCN(C(=O)CCn2cnc3sc4c(c3c2=O)CCCC4)C1. The van der Waals surface area contributed by atoms with Gasteiger partial charge in [-0.05, 0) is 57.2 Å². The van der Waals surface area contributed by atoms with Crippen LogP contribution in [0.2, 0.25) is 0 Å². The number of thiophene rings is 1. The van der Waals surface area contributed by atoms with Crippen LogP contribution in [0, 0.1) is 5.92 Å². The highest BCUT2D eigenvalue weighted by Crippen LogP contribution is 2.33. The van der Waals surface area contributed by atoms with Crippen LogP contribution in [0.1, 0.15) is 36.1 Å². The molecule has 0 saturated carbocycles. The summed E-state index contributed by atoms with van der Waals surface area (Å²) < 4.78 is 1.63. The van der Waals surface area contributed by atoms with Gasteiger partial charge in [0.2, 0.25) is 5.91 Å². The van der Waals surface area contributed by atoms with Gasteiger partial charge in [-0.1, -0.05) is 0 Å². The quantitative estimate of drug-likeness (QED) is 0.867. The fourth-order valence-corrected chi connectivity index (χ4v) is 5.45. The van der Waals surface area contributed by atoms with Gasteiger partial charge < -0.3 is 10.2 Å². The van der Waals surface area contributed by atoms with E-state index in [2.05, 4.69) is 10.3 Å². The standard InChI is InChI=1S/C19H26N4O2S/c1-20-10-13-6-8-22(11-13)16(24)7-9-23-12-21-18-17(19(23)25)14-4-2-3-5-15(14)26-18/h12-13,20H,2-11H2,1H3. The van der Waals surface area contributed by atoms with E-state index in [9.17, 15) is 9.59 Å². The number of carbonyl (C=O) groups excluding carboxylic acids is 1. The lowest BCUT2D eigenvalue weighted by atomic mass is 9.97. The van der Waals surface area contributed by atoms with E-state index in [0.29, 0.717) is 18.9 Å². The molecule has 3 heterocycles. The molecule has 6 nitrogen and oxygen atoms in total. The second-order valence-electron chi connectivity index (χ2n) is 7.44. The number of nitrogens with zero attached hydrogens (tertiary/aromatic N) is 3. The van der Waals surface area contributed by atoms with Crippen LogP contribution >= 0.6 is 11.3 Å². The second kappa shape index (κ2) is 7.48. The lowest BCUT2D eigenvalue weighted by Crippen LogP contribution is -2.32. The summed E-state index contributed by atoms with van der Waals surface area (Å²) >= 11 is 1.67. The third kappa shape index (κ3) is 3.30. The first-order valence-electron chi connectivity index (χ1n) is 9.59. The van der Waals surface area contributed by atoms with Crippen LogP contribution in [0.25, 0.3) is 10.2 Å². The monoisotopic (exact) mass is 374 g/mol. The minimum absolute atomic E-state index is 0.0247. The van der Waals surface area contributed by atoms with Crippen molar-refractivity contribution in [2.45, 2.75) is 45.1 Å². The fraction of sp³-hybridized carbons (Fsp3) is 0.632. The number of nitrogens with one attached hydrogen (secondary N) is 1. The Balaban J connectivity index is 1.47. The van der Waals surface area contributed by atoms with Gasteiger partial charge in [-0.25, -0.2) is 4.98 Å². The molecule has 26 heavy (non-hydrogen) atoms. The average Bonchev–Trinajstić information content (AvgIpc) is 3.26. The molecule has 1 atom stereocenters. The first-order valence-corrected chi connectivity index (χ1v) is 10.4. The Morgan fingerprint density at radius 3 is 3.08 bits per heavy atom. The number of aryl methyl sites for hydroxylation is 3. The minimum Gasteiger partial charge on any atom is -0.342 e. The van der Waals surface area contributed by atoms with Crippen LogP contribution in [0.15, 0.2) is 11.1 Å². The Labute approximate surface area is 157 Å². The Morgan fingerprint density at radius 2 is 2.23 bits per heavy atom. The molecule has 1 fully saturated rings. The van der Waals surface area contributed by atoms with Crippen LogP contribution in [-0.4, -0.2) is 47.0 Å². The van der Waals surface area contributed by atoms with E-state index in [-0.39, 0.29) is 11.5 Å². The number of hydrogen-bond acceptors (Lipinski definition) is 5. The number of fused-ring (bicyclic) bond motifs is 3. The summed E-state index contributed by atoms with van der Waals surface area (Å²) in [6, 6.07) is 0. The van der Waals surface area contributed by atoms with Gasteiger partial charge in [0.05, 0.1) is 11.7 Å². The van der Waals surface area contributed by atoms with E-state index >= 15 is 0 Å². The molecule has 7 heteroatoms. The zero-order valence-corrected chi connectivity index (χ0v) is 16.1. The van der Waals surface area contributed by atoms with Crippen molar-refractivity contribution in [1.82, 2.24) is 19.8 Å². The lowest BCUT2D eigenvalue weighted by molar-refractivity contribution is -0.130. The van der Waals surface area contributed by atoms with Crippen LogP contribution in [-0.2, 0) is 24.2 Å². The maximum absolute atomic E-state index is 12.9. The van der Waals surface area contributed by atoms with Crippen molar-refractivity contribution in [3.63, 3.8) is 0 Å². The summed E-state index contributed by atoms with van der Waals surface area (Å²) in [5, 5.41) is 3.98. The van der Waals surface area contributed by atoms with Crippen molar-refractivity contribution in [3.8, 4) is 0 Å². The van der Waals surface area contributed by atoms with Crippen molar-refractivity contribution in [1.29, 1.82) is 0 Å². The fourth-order valence-electron chi connectivity index (χ4n) is 4.23. The van der Waals surface area contributed by atoms with E-state index in [4.69, 9.17) is 0 Å². The highest BCUT2D eigenvalue weighted by atomic mass is 32.1. The Kier molecular flexibility index (Phi) is 5.09. The van der Waals surface area contributed by atoms with E-state index in [1.165, 1.54) is 16.9 Å². The van der Waals surface area contributed by atoms with Crippen molar-refractivity contribution in [3.05, 3.63) is 27.1 Å². The summed E-state index contributed by atoms with van der Waals surface area (Å²) in [6.07, 6.45) is 7.44. The first kappa shape index (κ1) is 17.7. The number of carbonyl (C=O) groups is 1. The Morgan fingerprint density at radius 1 is 1.38 bits per heavy atom. The topological polar surface area (TPSA) is 67.2 Å². The summed E-state index contributed by atoms with van der Waals surface area (Å²) in [5.74, 6) is 0.685. The molecular formula is C19H26N4O2S. The molecule has 1 aliphatic heterocycles. The number of hydrogen-bond donors (Lipinski definition) is 1. The van der Waals surface area contributed by atoms with E-state index in [1.54, 1.807) is 22.2 Å². The van der Waals surface area contributed by atoms with E-state index < -0.39 is 0 Å². The zero-order chi connectivity index (χ0) is 18.1. The van der Waals surface area contributed by atoms with Gasteiger partial charge in [-0.3, -0.25) is 14.2 Å². The number of amides is 1. The summed E-state index contributed by atoms with van der Waals surface area (Å²) in [5.41, 5.74) is 1.24. The second-order valence-corrected chi connectivity index (χ2v) is 8.52. The van der Waals surface area contributed by atoms with Crippen LogP contribution < -0.4 is 10.9 Å². The molecule has 0 spiro atoms. The van der Waals surface area contributed by atoms with Gasteiger partial charge in [0, 0.05) is 30.9 Å². The zero-order valence-electron chi connectivity index (χ0n) is 15.3. The van der Waals surface area contributed by atoms with Gasteiger partial charge in [-0.15, -0.1) is 11.3 Å². The predicted octanol–water partition coefficient (Wildman–Crippen LogP) is 1.79. The van der Waals surface area contributed by atoms with E-state index in [1.807, 2.05) is 11.9 Å². The van der Waals surface area contributed by atoms with Crippen molar-refractivity contribution < 1.29 is 4.79 Å². The number of rotatable bonds is 5. The molecule has 1 unspecified atom stereocenters. The van der Waals surface area contributed by atoms with Crippen LogP contribution in [0.3, 0.4) is 0 Å². The number of likely N-dealkylation sites (tertiary alicyclic amines) is 1. The molecule has 0 aromatic carbocycles. The molecule has 1 aliphatic carbocycles. The van der Waals surface area contributed by atoms with Gasteiger partial charge >= 0.3 is 0 Å². The first-order chi connectivity index (χ1) is 12.7. The molecule has 4 rings (SSSR count). The molecule has 140 valence electrons. The predicted molar refractivity (Wildman–Crippen MR) is 104 cm³/mol. The summed E-state index contributed by atoms with van der Waals surface area (Å²) in [4.78, 5) is 34.1. The summed E-state index contributed by atoms with van der Waals surface area (Å²) in [6.45, 7) is 3.02. The van der Waals surface area contributed by atoms with Gasteiger partial charge in [0.1, 0.15) is 4.83 Å². The molecule has 0 bridgehead atoms. The molecule has 2 aromatic rings. The summed E-state index contributed by atoms with van der Waals surface area (Å²) in [7, 11) is 1.95. The molecule has 2 aliphatic rings. The molecule has 2 aromatic heterocycles. The van der Waals surface area contributed by atoms with Crippen LogP contribution in [0.4, 0.5) is 0 Å². The number of aromatic nitrogens is 2. The lowest BCUT2D eigenvalue weighted by Gasteiger charge is -2.17. The molecule has 0 radical (unpaired) electrons. The average molecular weight is 375 g/mol. The molecule has 1 saturated heterocycles. The van der Waals surface area contributed by atoms with Gasteiger partial charge in [0.15, 0.2) is 0 Å². The normalized spacial score (nSPS) is 19.9. The molecular weight excluding hydrogens is 348 g/mol. The van der Waals surface area contributed by atoms with Crippen molar-refractivity contribution in [2.24, 2.45) is 5.92 Å².